The molecule has 2 heteroatoms. The Balaban J connectivity index is 2.26. The third kappa shape index (κ3) is 0.764. The molecule has 2 aliphatic rings. The van der Waals surface area contributed by atoms with Gasteiger partial charge in [0.05, 0.1) is 5.60 Å². The van der Waals surface area contributed by atoms with Crippen LogP contribution in [0.15, 0.2) is 0 Å². The lowest BCUT2D eigenvalue weighted by Crippen LogP contribution is -2.33. The summed E-state index contributed by atoms with van der Waals surface area (Å²) in [5, 5.41) is 9.90. The molecule has 0 heterocycles. The van der Waals surface area contributed by atoms with Crippen LogP contribution in [0.4, 0.5) is 0 Å². The molecule has 2 rings (SSSR count). The lowest BCUT2D eigenvalue weighted by Gasteiger charge is -2.27. The van der Waals surface area contributed by atoms with Crippen molar-refractivity contribution in [3.05, 3.63) is 0 Å². The molecule has 2 saturated carbocycles. The van der Waals surface area contributed by atoms with Gasteiger partial charge in [-0.15, -0.1) is 0 Å². The first-order valence-corrected chi connectivity index (χ1v) is 4.63. The number of aliphatic hydroxyl groups is 1. The Hall–Kier alpha value is -0.370. The van der Waals surface area contributed by atoms with E-state index in [0.717, 1.165) is 6.42 Å². The zero-order valence-electron chi connectivity index (χ0n) is 7.92. The van der Waals surface area contributed by atoms with Crippen molar-refractivity contribution in [1.29, 1.82) is 0 Å². The Bertz CT molecular complexity index is 239. The van der Waals surface area contributed by atoms with E-state index in [2.05, 4.69) is 0 Å². The molecule has 68 valence electrons. The maximum atomic E-state index is 11.4. The smallest absolute Gasteiger partial charge is 0.136 e. The molecule has 0 bridgehead atoms. The number of ketones is 1. The molecule has 2 aliphatic carbocycles. The van der Waals surface area contributed by atoms with Crippen molar-refractivity contribution in [1.82, 2.24) is 0 Å². The van der Waals surface area contributed by atoms with Crippen molar-refractivity contribution in [2.75, 3.05) is 0 Å². The Labute approximate surface area is 73.0 Å². The third-order valence-corrected chi connectivity index (χ3v) is 3.95. The van der Waals surface area contributed by atoms with E-state index in [1.54, 1.807) is 0 Å². The van der Waals surface area contributed by atoms with Gasteiger partial charge >= 0.3 is 0 Å². The molecule has 2 fully saturated rings. The number of Topliss-reactive ketones (excluding diaryl/α,β-unsaturated/α-hetero) is 1. The van der Waals surface area contributed by atoms with Gasteiger partial charge in [0.2, 0.25) is 0 Å². The van der Waals surface area contributed by atoms with E-state index >= 15 is 0 Å². The first-order valence-electron chi connectivity index (χ1n) is 4.63. The highest BCUT2D eigenvalue weighted by atomic mass is 16.3. The summed E-state index contributed by atoms with van der Waals surface area (Å²) in [7, 11) is 0. The minimum Gasteiger partial charge on any atom is -0.390 e. The van der Waals surface area contributed by atoms with Crippen LogP contribution in [0, 0.1) is 17.3 Å². The summed E-state index contributed by atoms with van der Waals surface area (Å²) < 4.78 is 0. The van der Waals surface area contributed by atoms with Gasteiger partial charge in [0.1, 0.15) is 5.78 Å². The van der Waals surface area contributed by atoms with Crippen molar-refractivity contribution >= 4 is 5.78 Å². The summed E-state index contributed by atoms with van der Waals surface area (Å²) in [6.45, 7) is 5.66. The van der Waals surface area contributed by atoms with Gasteiger partial charge in [-0.25, -0.2) is 0 Å². The molecule has 0 aromatic heterocycles. The number of carbonyl (C=O) groups excluding carboxylic acids is 1. The molecule has 0 spiro atoms. The molecule has 2 nitrogen and oxygen atoms in total. The quantitative estimate of drug-likeness (QED) is 0.642. The van der Waals surface area contributed by atoms with Crippen LogP contribution < -0.4 is 0 Å². The summed E-state index contributed by atoms with van der Waals surface area (Å²) in [4.78, 5) is 11.4. The fourth-order valence-electron chi connectivity index (χ4n) is 2.81. The zero-order valence-corrected chi connectivity index (χ0v) is 7.92. The van der Waals surface area contributed by atoms with Crippen molar-refractivity contribution in [3.63, 3.8) is 0 Å². The maximum Gasteiger partial charge on any atom is 0.136 e. The van der Waals surface area contributed by atoms with E-state index in [1.807, 2.05) is 20.8 Å². The van der Waals surface area contributed by atoms with Crippen LogP contribution in [0.2, 0.25) is 0 Å². The summed E-state index contributed by atoms with van der Waals surface area (Å²) in [5.74, 6) is 0.995. The molecule has 12 heavy (non-hydrogen) atoms. The number of fused-ring (bicyclic) bond motifs is 1. The van der Waals surface area contributed by atoms with E-state index in [9.17, 15) is 9.90 Å². The highest BCUT2D eigenvalue weighted by Crippen LogP contribution is 2.69. The van der Waals surface area contributed by atoms with Gasteiger partial charge in [-0.05, 0) is 26.2 Å². The van der Waals surface area contributed by atoms with Crippen molar-refractivity contribution in [3.8, 4) is 0 Å². The van der Waals surface area contributed by atoms with Crippen LogP contribution in [0.1, 0.15) is 33.6 Å². The molecular weight excluding hydrogens is 152 g/mol. The highest BCUT2D eigenvalue weighted by Gasteiger charge is 2.69. The van der Waals surface area contributed by atoms with Crippen LogP contribution >= 0.6 is 0 Å². The average molecular weight is 168 g/mol. The van der Waals surface area contributed by atoms with Crippen LogP contribution in [-0.4, -0.2) is 16.5 Å². The third-order valence-electron chi connectivity index (χ3n) is 3.95. The second kappa shape index (κ2) is 1.92. The minimum absolute atomic E-state index is 0.0521. The molecule has 0 saturated heterocycles. The van der Waals surface area contributed by atoms with Crippen LogP contribution in [0.3, 0.4) is 0 Å². The summed E-state index contributed by atoms with van der Waals surface area (Å²) in [6, 6.07) is 0. The molecule has 1 N–H and O–H groups in total. The lowest BCUT2D eigenvalue weighted by atomic mass is 9.85. The molecule has 0 aliphatic heterocycles. The predicted octanol–water partition coefficient (Wildman–Crippen LogP) is 1.37. The topological polar surface area (TPSA) is 37.3 Å². The van der Waals surface area contributed by atoms with Gasteiger partial charge in [-0.2, -0.15) is 0 Å². The normalized spacial score (nSPS) is 46.2. The van der Waals surface area contributed by atoms with Gasteiger partial charge < -0.3 is 5.11 Å². The molecular formula is C10H16O2. The Morgan fingerprint density at radius 2 is 2.17 bits per heavy atom. The Kier molecular flexibility index (Phi) is 1.32. The number of hydrogen-bond donors (Lipinski definition) is 1. The van der Waals surface area contributed by atoms with Crippen molar-refractivity contribution < 1.29 is 9.90 Å². The standard InChI is InChI=1S/C10H16O2/c1-6-7-4-10(7,5-8(6)11)9(2,3)12/h6-7,12H,4-5H2,1-3H3/t6-,7-,10-/m1/s1. The van der Waals surface area contributed by atoms with Crippen molar-refractivity contribution in [2.45, 2.75) is 39.2 Å². The minimum atomic E-state index is -0.669. The average Bonchev–Trinajstić information content (AvgIpc) is 2.55. The lowest BCUT2D eigenvalue weighted by molar-refractivity contribution is -0.122. The van der Waals surface area contributed by atoms with Gasteiger partial charge in [0.15, 0.2) is 0 Å². The molecule has 0 unspecified atom stereocenters. The summed E-state index contributed by atoms with van der Waals surface area (Å²) in [6.07, 6.45) is 1.64. The predicted molar refractivity (Wildman–Crippen MR) is 45.6 cm³/mol. The van der Waals surface area contributed by atoms with E-state index in [0.29, 0.717) is 18.1 Å². The molecule has 0 aromatic rings. The first-order chi connectivity index (χ1) is 5.38. The molecule has 0 radical (unpaired) electrons. The zero-order chi connectivity index (χ0) is 9.15. The monoisotopic (exact) mass is 168 g/mol. The summed E-state index contributed by atoms with van der Waals surface area (Å²) in [5.41, 5.74) is -0.721. The van der Waals surface area contributed by atoms with Gasteiger partial charge in [0.25, 0.3) is 0 Å². The van der Waals surface area contributed by atoms with Gasteiger partial charge in [-0.3, -0.25) is 4.79 Å². The molecule has 0 aromatic carbocycles. The fourth-order valence-corrected chi connectivity index (χ4v) is 2.81. The number of hydrogen-bond acceptors (Lipinski definition) is 2. The second-order valence-electron chi connectivity index (χ2n) is 4.96. The maximum absolute atomic E-state index is 11.4. The van der Waals surface area contributed by atoms with Crippen LogP contribution in [-0.2, 0) is 4.79 Å². The van der Waals surface area contributed by atoms with E-state index in [1.165, 1.54) is 0 Å². The largest absolute Gasteiger partial charge is 0.390 e. The fraction of sp³-hybridized carbons (Fsp3) is 0.900. The second-order valence-corrected chi connectivity index (χ2v) is 4.96. The number of rotatable bonds is 1. The van der Waals surface area contributed by atoms with Gasteiger partial charge in [0, 0.05) is 17.8 Å². The van der Waals surface area contributed by atoms with E-state index in [4.69, 9.17) is 0 Å². The van der Waals surface area contributed by atoms with Crippen LogP contribution in [0.5, 0.6) is 0 Å². The number of carbonyl (C=O) groups is 1. The SMILES string of the molecule is C[C@H]1C(=O)C[C@]2(C(C)(C)O)C[C@H]12. The van der Waals surface area contributed by atoms with Crippen LogP contribution in [0.25, 0.3) is 0 Å². The van der Waals surface area contributed by atoms with E-state index in [-0.39, 0.29) is 11.3 Å². The summed E-state index contributed by atoms with van der Waals surface area (Å²) >= 11 is 0. The highest BCUT2D eigenvalue weighted by molar-refractivity contribution is 5.86. The first kappa shape index (κ1) is 8.24. The van der Waals surface area contributed by atoms with E-state index < -0.39 is 5.60 Å². The molecule has 0 amide bonds. The Morgan fingerprint density at radius 1 is 1.58 bits per heavy atom. The van der Waals surface area contributed by atoms with Gasteiger partial charge in [-0.1, -0.05) is 6.92 Å². The molecule has 3 atom stereocenters. The van der Waals surface area contributed by atoms with Crippen molar-refractivity contribution in [2.24, 2.45) is 17.3 Å². The Morgan fingerprint density at radius 3 is 2.42 bits per heavy atom.